The molecule has 0 amide bonds. The Balaban J connectivity index is 1.88. The fourth-order valence-corrected chi connectivity index (χ4v) is 4.65. The first-order chi connectivity index (χ1) is 8.91. The lowest BCUT2D eigenvalue weighted by atomic mass is 10.0. The zero-order valence-electron chi connectivity index (χ0n) is 11.8. The monoisotopic (exact) mass is 283 g/mol. The molecule has 0 aromatic carbocycles. The third kappa shape index (κ3) is 2.10. The molecule has 2 heterocycles. The smallest absolute Gasteiger partial charge is 0.217 e. The van der Waals surface area contributed by atoms with E-state index in [0.717, 1.165) is 30.9 Å². The van der Waals surface area contributed by atoms with Gasteiger partial charge in [-0.3, -0.25) is 4.99 Å². The van der Waals surface area contributed by atoms with Crippen molar-refractivity contribution in [3.05, 3.63) is 11.3 Å². The largest absolute Gasteiger partial charge is 0.331 e. The van der Waals surface area contributed by atoms with E-state index in [1.165, 1.54) is 5.57 Å². The predicted molar refractivity (Wildman–Crippen MR) is 75.5 cm³/mol. The van der Waals surface area contributed by atoms with Gasteiger partial charge in [0.1, 0.15) is 5.84 Å². The van der Waals surface area contributed by atoms with Crippen LogP contribution in [0.1, 0.15) is 33.6 Å². The number of hydrogen-bond donors (Lipinski definition) is 0. The average molecular weight is 283 g/mol. The summed E-state index contributed by atoms with van der Waals surface area (Å²) >= 11 is 0. The van der Waals surface area contributed by atoms with Crippen molar-refractivity contribution in [3.8, 4) is 0 Å². The minimum Gasteiger partial charge on any atom is -0.331 e. The summed E-state index contributed by atoms with van der Waals surface area (Å²) in [6.07, 6.45) is 1.66. The maximum atomic E-state index is 12.3. The lowest BCUT2D eigenvalue weighted by Crippen LogP contribution is -2.51. The van der Waals surface area contributed by atoms with Gasteiger partial charge >= 0.3 is 0 Å². The second kappa shape index (κ2) is 4.31. The quantitative estimate of drug-likeness (QED) is 0.765. The van der Waals surface area contributed by atoms with Crippen LogP contribution >= 0.6 is 0 Å². The normalized spacial score (nSPS) is 29.3. The maximum Gasteiger partial charge on any atom is 0.217 e. The molecule has 2 aliphatic heterocycles. The van der Waals surface area contributed by atoms with Gasteiger partial charge in [0.25, 0.3) is 0 Å². The second-order valence-corrected chi connectivity index (χ2v) is 7.92. The van der Waals surface area contributed by atoms with Gasteiger partial charge in [-0.2, -0.15) is 4.31 Å². The average Bonchev–Trinajstić information content (AvgIpc) is 3.20. The first-order valence-electron chi connectivity index (χ1n) is 6.92. The van der Waals surface area contributed by atoms with Crippen molar-refractivity contribution in [2.24, 2.45) is 4.99 Å². The van der Waals surface area contributed by atoms with Crippen molar-refractivity contribution in [2.75, 3.05) is 19.6 Å². The summed E-state index contributed by atoms with van der Waals surface area (Å²) in [6, 6.07) is 0.162. The Morgan fingerprint density at radius 1 is 1.21 bits per heavy atom. The molecule has 0 N–H and O–H groups in total. The topological polar surface area (TPSA) is 53.0 Å². The zero-order chi connectivity index (χ0) is 13.8. The van der Waals surface area contributed by atoms with Gasteiger partial charge in [-0.1, -0.05) is 0 Å². The van der Waals surface area contributed by atoms with Gasteiger partial charge < -0.3 is 4.90 Å². The SMILES string of the molecule is CC1=NC(C)C(C)=C2CN(S(=O)(=O)C3CC3)CCN12. The predicted octanol–water partition coefficient (Wildman–Crippen LogP) is 1.19. The molecule has 3 aliphatic rings. The van der Waals surface area contributed by atoms with Crippen molar-refractivity contribution >= 4 is 15.9 Å². The van der Waals surface area contributed by atoms with Crippen LogP contribution in [-0.2, 0) is 10.0 Å². The first-order valence-corrected chi connectivity index (χ1v) is 8.42. The molecule has 0 aromatic rings. The number of amidine groups is 1. The van der Waals surface area contributed by atoms with Crippen LogP contribution < -0.4 is 0 Å². The molecule has 3 rings (SSSR count). The molecule has 1 atom stereocenters. The first kappa shape index (κ1) is 13.1. The van der Waals surface area contributed by atoms with E-state index in [4.69, 9.17) is 0 Å². The highest BCUT2D eigenvalue weighted by Crippen LogP contribution is 2.34. The molecule has 6 heteroatoms. The lowest BCUT2D eigenvalue weighted by molar-refractivity contribution is 0.305. The van der Waals surface area contributed by atoms with Gasteiger partial charge in [0.2, 0.25) is 10.0 Å². The molecule has 1 saturated heterocycles. The fraction of sp³-hybridized carbons (Fsp3) is 0.769. The fourth-order valence-electron chi connectivity index (χ4n) is 2.85. The van der Waals surface area contributed by atoms with Crippen molar-refractivity contribution in [3.63, 3.8) is 0 Å². The van der Waals surface area contributed by atoms with Crippen molar-refractivity contribution in [1.82, 2.24) is 9.21 Å². The zero-order valence-corrected chi connectivity index (χ0v) is 12.6. The molecule has 0 aromatic heterocycles. The molecular formula is C13H21N3O2S. The third-order valence-electron chi connectivity index (χ3n) is 4.38. The van der Waals surface area contributed by atoms with E-state index >= 15 is 0 Å². The highest BCUT2D eigenvalue weighted by molar-refractivity contribution is 7.90. The van der Waals surface area contributed by atoms with Crippen molar-refractivity contribution in [2.45, 2.75) is 44.9 Å². The van der Waals surface area contributed by atoms with Gasteiger partial charge in [-0.15, -0.1) is 0 Å². The van der Waals surface area contributed by atoms with E-state index < -0.39 is 10.0 Å². The van der Waals surface area contributed by atoms with E-state index in [1.54, 1.807) is 4.31 Å². The van der Waals surface area contributed by atoms with Crippen LogP contribution in [-0.4, -0.2) is 54.4 Å². The highest BCUT2D eigenvalue weighted by atomic mass is 32.2. The molecule has 5 nitrogen and oxygen atoms in total. The van der Waals surface area contributed by atoms with Crippen LogP contribution in [0.25, 0.3) is 0 Å². The third-order valence-corrected chi connectivity index (χ3v) is 6.73. The molecule has 2 fully saturated rings. The second-order valence-electron chi connectivity index (χ2n) is 5.71. The summed E-state index contributed by atoms with van der Waals surface area (Å²) in [5.41, 5.74) is 2.33. The Hall–Kier alpha value is -0.880. The molecule has 0 radical (unpaired) electrons. The molecule has 1 unspecified atom stereocenters. The number of sulfonamides is 1. The highest BCUT2D eigenvalue weighted by Gasteiger charge is 2.42. The van der Waals surface area contributed by atoms with Gasteiger partial charge in [0.05, 0.1) is 17.8 Å². The summed E-state index contributed by atoms with van der Waals surface area (Å²) in [5.74, 6) is 1.01. The van der Waals surface area contributed by atoms with Crippen molar-refractivity contribution < 1.29 is 8.42 Å². The summed E-state index contributed by atoms with van der Waals surface area (Å²) in [7, 11) is -3.07. The molecule has 1 saturated carbocycles. The standard InChI is InChI=1S/C13H21N3O2S/c1-9-10(2)14-11(3)16-7-6-15(8-13(9)16)19(17,18)12-4-5-12/h10,12H,4-8H2,1-3H3. The molecular weight excluding hydrogens is 262 g/mol. The minimum absolute atomic E-state index is 0.115. The number of piperazine rings is 1. The minimum atomic E-state index is -3.07. The van der Waals surface area contributed by atoms with Gasteiger partial charge in [-0.05, 0) is 39.2 Å². The summed E-state index contributed by atoms with van der Waals surface area (Å²) in [4.78, 5) is 6.77. The van der Waals surface area contributed by atoms with Crippen LogP contribution in [0.15, 0.2) is 16.3 Å². The van der Waals surface area contributed by atoms with E-state index in [2.05, 4.69) is 23.7 Å². The van der Waals surface area contributed by atoms with Crippen LogP contribution in [0.5, 0.6) is 0 Å². The van der Waals surface area contributed by atoms with Crippen LogP contribution in [0, 0.1) is 0 Å². The number of rotatable bonds is 2. The Bertz CT molecular complexity index is 560. The van der Waals surface area contributed by atoms with Crippen LogP contribution in [0.3, 0.4) is 0 Å². The van der Waals surface area contributed by atoms with E-state index in [0.29, 0.717) is 13.1 Å². The van der Waals surface area contributed by atoms with Gasteiger partial charge in [0, 0.05) is 18.8 Å². The van der Waals surface area contributed by atoms with E-state index in [9.17, 15) is 8.42 Å². The Labute approximate surface area is 115 Å². The molecule has 106 valence electrons. The summed E-state index contributed by atoms with van der Waals surface area (Å²) in [6.45, 7) is 7.96. The molecule has 0 spiro atoms. The van der Waals surface area contributed by atoms with Crippen LogP contribution in [0.2, 0.25) is 0 Å². The number of aliphatic imine (C=N–C) groups is 1. The number of hydrogen-bond acceptors (Lipinski definition) is 4. The van der Waals surface area contributed by atoms with Crippen LogP contribution in [0.4, 0.5) is 0 Å². The molecule has 0 bridgehead atoms. The Morgan fingerprint density at radius 3 is 2.53 bits per heavy atom. The summed E-state index contributed by atoms with van der Waals surface area (Å²) < 4.78 is 26.4. The number of fused-ring (bicyclic) bond motifs is 1. The van der Waals surface area contributed by atoms with E-state index in [-0.39, 0.29) is 11.3 Å². The summed E-state index contributed by atoms with van der Waals surface area (Å²) in [5, 5.41) is -0.115. The van der Waals surface area contributed by atoms with E-state index in [1.807, 2.05) is 6.92 Å². The van der Waals surface area contributed by atoms with Gasteiger partial charge in [0.15, 0.2) is 0 Å². The Morgan fingerprint density at radius 2 is 1.89 bits per heavy atom. The Kier molecular flexibility index (Phi) is 2.98. The lowest BCUT2D eigenvalue weighted by Gasteiger charge is -2.41. The van der Waals surface area contributed by atoms with Gasteiger partial charge in [-0.25, -0.2) is 8.42 Å². The maximum absolute atomic E-state index is 12.3. The van der Waals surface area contributed by atoms with Crippen molar-refractivity contribution in [1.29, 1.82) is 0 Å². The number of nitrogens with zero attached hydrogens (tertiary/aromatic N) is 3. The molecule has 19 heavy (non-hydrogen) atoms. The molecule has 1 aliphatic carbocycles.